The molecule has 6 nitrogen and oxygen atoms in total. The van der Waals surface area contributed by atoms with Crippen LogP contribution in [0.3, 0.4) is 0 Å². The third kappa shape index (κ3) is 6.56. The van der Waals surface area contributed by atoms with Gasteiger partial charge in [-0.1, -0.05) is 35.3 Å². The predicted molar refractivity (Wildman–Crippen MR) is 144 cm³/mol. The van der Waals surface area contributed by atoms with E-state index in [0.29, 0.717) is 41.5 Å². The van der Waals surface area contributed by atoms with Crippen LogP contribution in [0, 0.1) is 13.8 Å². The quantitative estimate of drug-likeness (QED) is 0.311. The van der Waals surface area contributed by atoms with E-state index in [2.05, 4.69) is 15.7 Å². The van der Waals surface area contributed by atoms with Gasteiger partial charge < -0.3 is 20.1 Å². The molecule has 0 aliphatic carbocycles. The second-order valence-corrected chi connectivity index (χ2v) is 8.90. The van der Waals surface area contributed by atoms with Crippen molar-refractivity contribution >= 4 is 46.2 Å². The van der Waals surface area contributed by atoms with Crippen molar-refractivity contribution in [3.05, 3.63) is 69.0 Å². The van der Waals surface area contributed by atoms with Gasteiger partial charge in [0.1, 0.15) is 0 Å². The first-order chi connectivity index (χ1) is 16.3. The molecule has 1 heterocycles. The minimum Gasteiger partial charge on any atom is -0.490 e. The number of halogens is 2. The summed E-state index contributed by atoms with van der Waals surface area (Å²) in [4.78, 5) is 0. The van der Waals surface area contributed by atoms with Crippen molar-refractivity contribution in [2.75, 3.05) is 25.1 Å². The molecule has 0 aliphatic heterocycles. The highest BCUT2D eigenvalue weighted by Crippen LogP contribution is 2.29. The molecule has 2 N–H and O–H groups in total. The number of nitrogens with zero attached hydrogens (tertiary/aromatic N) is 2. The number of benzene rings is 2. The van der Waals surface area contributed by atoms with Crippen molar-refractivity contribution in [3.8, 4) is 11.5 Å². The summed E-state index contributed by atoms with van der Waals surface area (Å²) < 4.78 is 13.2. The van der Waals surface area contributed by atoms with E-state index in [1.165, 1.54) is 0 Å². The Morgan fingerprint density at radius 1 is 1.03 bits per heavy atom. The zero-order valence-corrected chi connectivity index (χ0v) is 22.2. The van der Waals surface area contributed by atoms with E-state index >= 15 is 0 Å². The Morgan fingerprint density at radius 3 is 2.38 bits per heavy atom. The smallest absolute Gasteiger partial charge is 0.170 e. The summed E-state index contributed by atoms with van der Waals surface area (Å²) in [5, 5.41) is 13.0. The van der Waals surface area contributed by atoms with Crippen LogP contribution in [0.1, 0.15) is 36.4 Å². The maximum Gasteiger partial charge on any atom is 0.170 e. The molecule has 0 aliphatic rings. The van der Waals surface area contributed by atoms with Crippen molar-refractivity contribution in [3.63, 3.8) is 0 Å². The van der Waals surface area contributed by atoms with Crippen LogP contribution in [0.25, 0.3) is 0 Å². The highest BCUT2D eigenvalue weighted by molar-refractivity contribution is 7.80. The Kier molecular flexibility index (Phi) is 9.45. The molecule has 0 radical (unpaired) electrons. The van der Waals surface area contributed by atoms with Crippen LogP contribution < -0.4 is 20.1 Å². The minimum atomic E-state index is 0.479. The monoisotopic (exact) mass is 520 g/mol. The highest BCUT2D eigenvalue weighted by Gasteiger charge is 2.15. The summed E-state index contributed by atoms with van der Waals surface area (Å²) in [6, 6.07) is 11.5. The molecule has 1 aromatic heterocycles. The van der Waals surface area contributed by atoms with Gasteiger partial charge in [-0.15, -0.1) is 0 Å². The van der Waals surface area contributed by atoms with Crippen LogP contribution in [-0.2, 0) is 13.0 Å². The molecule has 2 aromatic carbocycles. The molecule has 3 rings (SSSR count). The third-order valence-electron chi connectivity index (χ3n) is 5.30. The number of nitrogens with one attached hydrogen (secondary N) is 2. The molecule has 0 saturated carbocycles. The molecule has 0 saturated heterocycles. The molecule has 0 atom stereocenters. The lowest BCUT2D eigenvalue weighted by molar-refractivity contribution is 0.287. The Balaban J connectivity index is 1.60. The van der Waals surface area contributed by atoms with E-state index < -0.39 is 0 Å². The number of ether oxygens (including phenoxy) is 2. The van der Waals surface area contributed by atoms with Gasteiger partial charge in [0.2, 0.25) is 0 Å². The zero-order chi connectivity index (χ0) is 24.7. The van der Waals surface area contributed by atoms with E-state index in [4.69, 9.17) is 44.9 Å². The van der Waals surface area contributed by atoms with Gasteiger partial charge in [0.15, 0.2) is 16.6 Å². The Labute approximate surface area is 216 Å². The maximum absolute atomic E-state index is 6.34. The number of hydrogen-bond donors (Lipinski definition) is 2. The lowest BCUT2D eigenvalue weighted by Gasteiger charge is -2.14. The zero-order valence-electron chi connectivity index (χ0n) is 19.9. The molecular formula is C25H30Cl2N4O2S. The number of aryl methyl sites for hydroxylation is 1. The first kappa shape index (κ1) is 26.1. The standard InChI is InChI=1S/C25H30Cl2N4O2S/c1-5-32-22-11-10-18(14-23(22)33-6-2)12-13-28-25(34)29-24-16(3)30-31(17(24)4)15-19-20(26)8-7-9-21(19)27/h7-11,14H,5-6,12-13,15H2,1-4H3,(H2,28,29,34). The van der Waals surface area contributed by atoms with Gasteiger partial charge in [-0.3, -0.25) is 4.68 Å². The number of aromatic nitrogens is 2. The molecule has 182 valence electrons. The van der Waals surface area contributed by atoms with Crippen LogP contribution in [0.4, 0.5) is 5.69 Å². The normalized spacial score (nSPS) is 10.8. The number of hydrogen-bond acceptors (Lipinski definition) is 4. The summed E-state index contributed by atoms with van der Waals surface area (Å²) in [5.74, 6) is 1.53. The van der Waals surface area contributed by atoms with Gasteiger partial charge >= 0.3 is 0 Å². The van der Waals surface area contributed by atoms with Gasteiger partial charge in [-0.05, 0) is 76.2 Å². The summed E-state index contributed by atoms with van der Waals surface area (Å²) in [7, 11) is 0. The van der Waals surface area contributed by atoms with Gasteiger partial charge in [0.25, 0.3) is 0 Å². The van der Waals surface area contributed by atoms with Gasteiger partial charge in [0, 0.05) is 22.2 Å². The topological polar surface area (TPSA) is 60.3 Å². The molecule has 0 spiro atoms. The Bertz CT molecular complexity index is 1130. The van der Waals surface area contributed by atoms with Crippen molar-refractivity contribution in [2.45, 2.75) is 40.7 Å². The molecule has 0 unspecified atom stereocenters. The van der Waals surface area contributed by atoms with E-state index in [9.17, 15) is 0 Å². The van der Waals surface area contributed by atoms with Crippen LogP contribution in [-0.4, -0.2) is 34.7 Å². The van der Waals surface area contributed by atoms with E-state index in [0.717, 1.165) is 46.1 Å². The van der Waals surface area contributed by atoms with Crippen molar-refractivity contribution in [1.29, 1.82) is 0 Å². The maximum atomic E-state index is 6.34. The Hall–Kier alpha value is -2.48. The van der Waals surface area contributed by atoms with Crippen molar-refractivity contribution in [1.82, 2.24) is 15.1 Å². The fourth-order valence-corrected chi connectivity index (χ4v) is 4.32. The fraction of sp³-hybridized carbons (Fsp3) is 0.360. The number of thiocarbonyl (C=S) groups is 1. The lowest BCUT2D eigenvalue weighted by atomic mass is 10.1. The van der Waals surface area contributed by atoms with Crippen LogP contribution in [0.15, 0.2) is 36.4 Å². The number of rotatable bonds is 10. The van der Waals surface area contributed by atoms with Gasteiger partial charge in [-0.25, -0.2) is 0 Å². The second kappa shape index (κ2) is 12.3. The average molecular weight is 522 g/mol. The van der Waals surface area contributed by atoms with E-state index in [-0.39, 0.29) is 0 Å². The fourth-order valence-electron chi connectivity index (χ4n) is 3.59. The summed E-state index contributed by atoms with van der Waals surface area (Å²) in [6.07, 6.45) is 0.788. The molecular weight excluding hydrogens is 491 g/mol. The first-order valence-electron chi connectivity index (χ1n) is 11.2. The van der Waals surface area contributed by atoms with Crippen LogP contribution >= 0.6 is 35.4 Å². The van der Waals surface area contributed by atoms with Crippen molar-refractivity contribution < 1.29 is 9.47 Å². The predicted octanol–water partition coefficient (Wildman–Crippen LogP) is 6.18. The molecule has 9 heteroatoms. The molecule has 0 amide bonds. The lowest BCUT2D eigenvalue weighted by Crippen LogP contribution is -2.30. The second-order valence-electron chi connectivity index (χ2n) is 7.68. The summed E-state index contributed by atoms with van der Waals surface area (Å²) in [5.41, 5.74) is 4.65. The van der Waals surface area contributed by atoms with Crippen LogP contribution in [0.2, 0.25) is 10.0 Å². The first-order valence-corrected chi connectivity index (χ1v) is 12.4. The summed E-state index contributed by atoms with van der Waals surface area (Å²) in [6.45, 7) is 10.2. The molecule has 0 bridgehead atoms. The largest absolute Gasteiger partial charge is 0.490 e. The van der Waals surface area contributed by atoms with Gasteiger partial charge in [-0.2, -0.15) is 5.10 Å². The van der Waals surface area contributed by atoms with Gasteiger partial charge in [0.05, 0.1) is 36.8 Å². The molecule has 3 aromatic rings. The van der Waals surface area contributed by atoms with E-state index in [1.54, 1.807) is 0 Å². The SMILES string of the molecule is CCOc1ccc(CCNC(=S)Nc2c(C)nn(Cc3c(Cl)cccc3Cl)c2C)cc1OCC. The Morgan fingerprint density at radius 2 is 1.71 bits per heavy atom. The van der Waals surface area contributed by atoms with E-state index in [1.807, 2.05) is 68.8 Å². The number of anilines is 1. The highest BCUT2D eigenvalue weighted by atomic mass is 35.5. The third-order valence-corrected chi connectivity index (χ3v) is 6.25. The average Bonchev–Trinajstić information content (AvgIpc) is 3.05. The van der Waals surface area contributed by atoms with Crippen LogP contribution in [0.5, 0.6) is 11.5 Å². The molecule has 0 fully saturated rings. The summed E-state index contributed by atoms with van der Waals surface area (Å²) >= 11 is 18.2. The minimum absolute atomic E-state index is 0.479. The molecule has 34 heavy (non-hydrogen) atoms. The van der Waals surface area contributed by atoms with Crippen molar-refractivity contribution in [2.24, 2.45) is 0 Å².